The van der Waals surface area contributed by atoms with E-state index in [0.29, 0.717) is 12.8 Å². The highest BCUT2D eigenvalue weighted by molar-refractivity contribution is 7.92. The lowest BCUT2D eigenvalue weighted by Gasteiger charge is -2.36. The summed E-state index contributed by atoms with van der Waals surface area (Å²) >= 11 is 0. The second-order valence-electron chi connectivity index (χ2n) is 7.70. The van der Waals surface area contributed by atoms with E-state index >= 15 is 0 Å². The molecule has 0 aromatic heterocycles. The molecule has 2 unspecified atom stereocenters. The molecule has 1 amide bonds. The molecule has 1 fully saturated rings. The van der Waals surface area contributed by atoms with Gasteiger partial charge in [0.1, 0.15) is 12.4 Å². The van der Waals surface area contributed by atoms with Crippen LogP contribution in [0.3, 0.4) is 0 Å². The minimum atomic E-state index is -4.18. The van der Waals surface area contributed by atoms with E-state index in [-0.39, 0.29) is 16.6 Å². The van der Waals surface area contributed by atoms with Crippen LogP contribution < -0.4 is 4.31 Å². The number of amides is 1. The number of rotatable bonds is 6. The van der Waals surface area contributed by atoms with E-state index in [1.54, 1.807) is 19.2 Å². The van der Waals surface area contributed by atoms with Crippen LogP contribution in [0.1, 0.15) is 31.2 Å². The van der Waals surface area contributed by atoms with E-state index in [2.05, 4.69) is 0 Å². The second kappa shape index (κ2) is 9.14. The summed E-state index contributed by atoms with van der Waals surface area (Å²) in [7, 11) is -2.63. The number of sulfonamides is 1. The predicted octanol–water partition coefficient (Wildman–Crippen LogP) is 3.09. The Balaban J connectivity index is 1.95. The number of benzene rings is 2. The van der Waals surface area contributed by atoms with Gasteiger partial charge in [-0.25, -0.2) is 12.8 Å². The predicted molar refractivity (Wildman–Crippen MR) is 113 cm³/mol. The van der Waals surface area contributed by atoms with Crippen LogP contribution in [0.5, 0.6) is 0 Å². The zero-order valence-electron chi connectivity index (χ0n) is 17.2. The molecule has 8 heteroatoms. The Hall–Kier alpha value is -2.45. The number of para-hydroxylation sites is 1. The van der Waals surface area contributed by atoms with Gasteiger partial charge in [-0.15, -0.1) is 0 Å². The first-order valence-electron chi connectivity index (χ1n) is 9.99. The number of aliphatic hydroxyl groups is 1. The van der Waals surface area contributed by atoms with Gasteiger partial charge in [0, 0.05) is 7.05 Å². The van der Waals surface area contributed by atoms with Crippen molar-refractivity contribution in [1.29, 1.82) is 0 Å². The molecule has 30 heavy (non-hydrogen) atoms. The minimum Gasteiger partial charge on any atom is -0.391 e. The van der Waals surface area contributed by atoms with Gasteiger partial charge in [-0.1, -0.05) is 42.7 Å². The van der Waals surface area contributed by atoms with Crippen molar-refractivity contribution in [2.75, 3.05) is 17.9 Å². The first kappa shape index (κ1) is 22.2. The number of aliphatic hydroxyl groups excluding tert-OH is 1. The number of nitrogens with zero attached hydrogens (tertiary/aromatic N) is 2. The van der Waals surface area contributed by atoms with Crippen molar-refractivity contribution >= 4 is 21.6 Å². The van der Waals surface area contributed by atoms with Crippen molar-refractivity contribution in [3.63, 3.8) is 0 Å². The van der Waals surface area contributed by atoms with Crippen LogP contribution in [0.2, 0.25) is 0 Å². The van der Waals surface area contributed by atoms with Gasteiger partial charge in [-0.2, -0.15) is 0 Å². The lowest BCUT2D eigenvalue weighted by atomic mass is 9.91. The second-order valence-corrected chi connectivity index (χ2v) is 9.56. The highest BCUT2D eigenvalue weighted by Gasteiger charge is 2.34. The quantitative estimate of drug-likeness (QED) is 0.758. The van der Waals surface area contributed by atoms with Gasteiger partial charge in [0.15, 0.2) is 0 Å². The van der Waals surface area contributed by atoms with Crippen LogP contribution in [0.15, 0.2) is 53.4 Å². The lowest BCUT2D eigenvalue weighted by Crippen LogP contribution is -2.50. The molecule has 2 aromatic carbocycles. The van der Waals surface area contributed by atoms with Crippen LogP contribution >= 0.6 is 0 Å². The smallest absolute Gasteiger partial charge is 0.264 e. The van der Waals surface area contributed by atoms with E-state index < -0.39 is 34.4 Å². The molecule has 1 N–H and O–H groups in total. The molecule has 0 saturated heterocycles. The Morgan fingerprint density at radius 3 is 2.37 bits per heavy atom. The van der Waals surface area contributed by atoms with Gasteiger partial charge in [-0.05, 0) is 44.0 Å². The van der Waals surface area contributed by atoms with E-state index in [4.69, 9.17) is 0 Å². The Labute approximate surface area is 177 Å². The average Bonchev–Trinajstić information content (AvgIpc) is 2.72. The zero-order valence-corrected chi connectivity index (χ0v) is 18.0. The molecule has 0 spiro atoms. The summed E-state index contributed by atoms with van der Waals surface area (Å²) in [5.74, 6) is -1.23. The van der Waals surface area contributed by atoms with Crippen LogP contribution in [0.25, 0.3) is 0 Å². The Bertz CT molecular complexity index is 994. The molecule has 0 bridgehead atoms. The summed E-state index contributed by atoms with van der Waals surface area (Å²) in [4.78, 5) is 14.4. The standard InChI is InChI=1S/C22H27FN2O4S/c1-16-11-13-17(14-12-16)30(28,29)25(19-8-4-3-7-18(19)23)15-22(27)24(2)20-9-5-6-10-21(20)26/h3-4,7-8,11-14,20-21,26H,5-6,9-10,15H2,1-2H3. The summed E-state index contributed by atoms with van der Waals surface area (Å²) in [6.45, 7) is 1.27. The molecule has 1 saturated carbocycles. The monoisotopic (exact) mass is 434 g/mol. The van der Waals surface area contributed by atoms with Gasteiger partial charge in [0.25, 0.3) is 10.0 Å². The SMILES string of the molecule is Cc1ccc(S(=O)(=O)N(CC(=O)N(C)C2CCCCC2O)c2ccccc2F)cc1. The largest absolute Gasteiger partial charge is 0.391 e. The molecule has 1 aliphatic rings. The van der Waals surface area contributed by atoms with E-state index in [9.17, 15) is 22.7 Å². The number of hydrogen-bond donors (Lipinski definition) is 1. The molecule has 1 aliphatic carbocycles. The topological polar surface area (TPSA) is 77.9 Å². The van der Waals surface area contributed by atoms with Crippen LogP contribution in [-0.2, 0) is 14.8 Å². The van der Waals surface area contributed by atoms with Crippen LogP contribution in [0, 0.1) is 12.7 Å². The lowest BCUT2D eigenvalue weighted by molar-refractivity contribution is -0.133. The Morgan fingerprint density at radius 2 is 1.73 bits per heavy atom. The summed E-state index contributed by atoms with van der Waals surface area (Å²) in [5.41, 5.74) is 0.692. The molecule has 6 nitrogen and oxygen atoms in total. The highest BCUT2D eigenvalue weighted by Crippen LogP contribution is 2.28. The Morgan fingerprint density at radius 1 is 1.10 bits per heavy atom. The number of anilines is 1. The van der Waals surface area contributed by atoms with E-state index in [0.717, 1.165) is 28.8 Å². The molecule has 0 heterocycles. The zero-order chi connectivity index (χ0) is 21.9. The van der Waals surface area contributed by atoms with Crippen molar-refractivity contribution in [2.24, 2.45) is 0 Å². The maximum Gasteiger partial charge on any atom is 0.264 e. The molecule has 162 valence electrons. The number of carbonyl (C=O) groups excluding carboxylic acids is 1. The normalized spacial score (nSPS) is 19.3. The van der Waals surface area contributed by atoms with Crippen LogP contribution in [-0.4, -0.2) is 50.1 Å². The van der Waals surface area contributed by atoms with Crippen molar-refractivity contribution in [3.05, 3.63) is 59.9 Å². The maximum atomic E-state index is 14.5. The van der Waals surface area contributed by atoms with Gasteiger partial charge < -0.3 is 10.0 Å². The molecular formula is C22H27FN2O4S. The van der Waals surface area contributed by atoms with Gasteiger partial charge in [-0.3, -0.25) is 9.10 Å². The molecule has 3 rings (SSSR count). The third-order valence-corrected chi connectivity index (χ3v) is 7.37. The highest BCUT2D eigenvalue weighted by atomic mass is 32.2. The third kappa shape index (κ3) is 4.65. The van der Waals surface area contributed by atoms with E-state index in [1.807, 2.05) is 6.92 Å². The molecule has 2 atom stereocenters. The van der Waals surface area contributed by atoms with Crippen molar-refractivity contribution in [3.8, 4) is 0 Å². The van der Waals surface area contributed by atoms with Crippen molar-refractivity contribution in [2.45, 2.75) is 49.6 Å². The number of carbonyl (C=O) groups is 1. The minimum absolute atomic E-state index is 0.0236. The first-order valence-corrected chi connectivity index (χ1v) is 11.4. The van der Waals surface area contributed by atoms with Crippen LogP contribution in [0.4, 0.5) is 10.1 Å². The third-order valence-electron chi connectivity index (χ3n) is 5.59. The number of aryl methyl sites for hydroxylation is 1. The Kier molecular flexibility index (Phi) is 6.77. The fourth-order valence-electron chi connectivity index (χ4n) is 3.75. The van der Waals surface area contributed by atoms with Gasteiger partial charge in [0.05, 0.1) is 22.7 Å². The van der Waals surface area contributed by atoms with Crippen molar-refractivity contribution < 1.29 is 22.7 Å². The van der Waals surface area contributed by atoms with Gasteiger partial charge >= 0.3 is 0 Å². The van der Waals surface area contributed by atoms with Gasteiger partial charge in [0.2, 0.25) is 5.91 Å². The molecule has 2 aromatic rings. The molecular weight excluding hydrogens is 407 g/mol. The average molecular weight is 435 g/mol. The number of likely N-dealkylation sites (N-methyl/N-ethyl adjacent to an activating group) is 1. The first-order chi connectivity index (χ1) is 14.2. The fraction of sp³-hybridized carbons (Fsp3) is 0.409. The summed E-state index contributed by atoms with van der Waals surface area (Å²) < 4.78 is 42.0. The van der Waals surface area contributed by atoms with Crippen molar-refractivity contribution in [1.82, 2.24) is 4.90 Å². The van der Waals surface area contributed by atoms with E-state index in [1.165, 1.54) is 35.2 Å². The summed E-state index contributed by atoms with van der Waals surface area (Å²) in [5, 5.41) is 10.3. The molecule has 0 aliphatic heterocycles. The maximum absolute atomic E-state index is 14.5. The number of halogens is 1. The fourth-order valence-corrected chi connectivity index (χ4v) is 5.18. The number of hydrogen-bond acceptors (Lipinski definition) is 4. The summed E-state index contributed by atoms with van der Waals surface area (Å²) in [6, 6.07) is 11.3. The molecule has 0 radical (unpaired) electrons. The summed E-state index contributed by atoms with van der Waals surface area (Å²) in [6.07, 6.45) is 2.37.